The van der Waals surface area contributed by atoms with Crippen LogP contribution in [0.5, 0.6) is 0 Å². The van der Waals surface area contributed by atoms with E-state index in [-0.39, 0.29) is 12.5 Å². The van der Waals surface area contributed by atoms with Gasteiger partial charge in [0.25, 0.3) is 0 Å². The third-order valence-electron chi connectivity index (χ3n) is 2.77. The molecule has 0 radical (unpaired) electrons. The molecule has 1 amide bonds. The summed E-state index contributed by atoms with van der Waals surface area (Å²) in [5.74, 6) is 0.494. The van der Waals surface area contributed by atoms with Crippen LogP contribution in [0, 0.1) is 5.92 Å². The van der Waals surface area contributed by atoms with E-state index in [0.29, 0.717) is 5.92 Å². The van der Waals surface area contributed by atoms with Gasteiger partial charge in [-0.05, 0) is 24.1 Å². The molecular formula is C14H22N2O2. The van der Waals surface area contributed by atoms with E-state index in [2.05, 4.69) is 24.5 Å². The molecule has 1 aromatic rings. The number of rotatable bonds is 7. The number of anilines is 2. The summed E-state index contributed by atoms with van der Waals surface area (Å²) < 4.78 is 4.77. The van der Waals surface area contributed by atoms with Crippen molar-refractivity contribution in [3.8, 4) is 0 Å². The fourth-order valence-electron chi connectivity index (χ4n) is 1.47. The van der Waals surface area contributed by atoms with E-state index < -0.39 is 0 Å². The standard InChI is InChI=1S/C14H22N2O2/c1-4-11(2)9-15-12-6-5-7-13(8-12)16-14(17)10-18-3/h5-8,11,15H,4,9-10H2,1-3H3,(H,16,17). The number of methoxy groups -OCH3 is 1. The van der Waals surface area contributed by atoms with Gasteiger partial charge in [-0.3, -0.25) is 4.79 Å². The van der Waals surface area contributed by atoms with Crippen molar-refractivity contribution in [2.24, 2.45) is 5.92 Å². The molecule has 1 atom stereocenters. The molecule has 100 valence electrons. The van der Waals surface area contributed by atoms with Crippen molar-refractivity contribution in [2.75, 3.05) is 30.9 Å². The van der Waals surface area contributed by atoms with Crippen molar-refractivity contribution < 1.29 is 9.53 Å². The lowest BCUT2D eigenvalue weighted by Gasteiger charge is -2.12. The molecule has 0 aromatic heterocycles. The van der Waals surface area contributed by atoms with Crippen LogP contribution in [0.2, 0.25) is 0 Å². The zero-order valence-electron chi connectivity index (χ0n) is 11.3. The molecule has 1 aromatic carbocycles. The molecule has 0 saturated heterocycles. The van der Waals surface area contributed by atoms with Crippen molar-refractivity contribution >= 4 is 17.3 Å². The summed E-state index contributed by atoms with van der Waals surface area (Å²) in [5.41, 5.74) is 1.80. The van der Waals surface area contributed by atoms with E-state index in [4.69, 9.17) is 4.74 Å². The maximum Gasteiger partial charge on any atom is 0.250 e. The zero-order valence-corrected chi connectivity index (χ0v) is 11.3. The first-order chi connectivity index (χ1) is 8.65. The molecule has 0 aliphatic carbocycles. The van der Waals surface area contributed by atoms with Crippen LogP contribution in [-0.4, -0.2) is 26.2 Å². The average molecular weight is 250 g/mol. The minimum atomic E-state index is -0.142. The highest BCUT2D eigenvalue weighted by Crippen LogP contribution is 2.15. The summed E-state index contributed by atoms with van der Waals surface area (Å²) in [7, 11) is 1.50. The summed E-state index contributed by atoms with van der Waals surface area (Å²) in [6.45, 7) is 5.39. The lowest BCUT2D eigenvalue weighted by Crippen LogP contribution is -2.17. The van der Waals surface area contributed by atoms with Crippen LogP contribution >= 0.6 is 0 Å². The highest BCUT2D eigenvalue weighted by atomic mass is 16.5. The highest BCUT2D eigenvalue weighted by molar-refractivity contribution is 5.92. The second kappa shape index (κ2) is 7.71. The molecule has 0 aliphatic heterocycles. The van der Waals surface area contributed by atoms with E-state index >= 15 is 0 Å². The van der Waals surface area contributed by atoms with Crippen molar-refractivity contribution in [3.05, 3.63) is 24.3 Å². The van der Waals surface area contributed by atoms with Crippen LogP contribution in [0.25, 0.3) is 0 Å². The number of amides is 1. The Labute approximate surface area is 109 Å². The van der Waals surface area contributed by atoms with E-state index in [1.165, 1.54) is 7.11 Å². The van der Waals surface area contributed by atoms with Crippen molar-refractivity contribution in [3.63, 3.8) is 0 Å². The molecule has 0 heterocycles. The first-order valence-corrected chi connectivity index (χ1v) is 6.28. The molecule has 2 N–H and O–H groups in total. The van der Waals surface area contributed by atoms with Gasteiger partial charge in [0.2, 0.25) is 5.91 Å². The molecule has 0 bridgehead atoms. The highest BCUT2D eigenvalue weighted by Gasteiger charge is 2.03. The monoisotopic (exact) mass is 250 g/mol. The first-order valence-electron chi connectivity index (χ1n) is 6.28. The van der Waals surface area contributed by atoms with Crippen LogP contribution in [-0.2, 0) is 9.53 Å². The van der Waals surface area contributed by atoms with Gasteiger partial charge >= 0.3 is 0 Å². The molecule has 4 nitrogen and oxygen atoms in total. The van der Waals surface area contributed by atoms with Gasteiger partial charge in [-0.1, -0.05) is 26.3 Å². The number of nitrogens with one attached hydrogen (secondary N) is 2. The van der Waals surface area contributed by atoms with Gasteiger partial charge < -0.3 is 15.4 Å². The van der Waals surface area contributed by atoms with E-state index in [1.54, 1.807) is 0 Å². The van der Waals surface area contributed by atoms with Crippen LogP contribution in [0.1, 0.15) is 20.3 Å². The SMILES string of the molecule is CCC(C)CNc1cccc(NC(=O)COC)c1. The number of ether oxygens (including phenoxy) is 1. The molecule has 4 heteroatoms. The van der Waals surface area contributed by atoms with Gasteiger partial charge in [0.15, 0.2) is 0 Å². The number of carbonyl (C=O) groups is 1. The Kier molecular flexibility index (Phi) is 6.22. The molecule has 1 rings (SSSR count). The van der Waals surface area contributed by atoms with Crippen molar-refractivity contribution in [1.29, 1.82) is 0 Å². The van der Waals surface area contributed by atoms with E-state index in [1.807, 2.05) is 24.3 Å². The third kappa shape index (κ3) is 5.19. The Balaban J connectivity index is 2.53. The van der Waals surface area contributed by atoms with Gasteiger partial charge in [-0.2, -0.15) is 0 Å². The largest absolute Gasteiger partial charge is 0.385 e. The Morgan fingerprint density at radius 3 is 2.78 bits per heavy atom. The summed E-state index contributed by atoms with van der Waals surface area (Å²) in [5, 5.41) is 6.14. The van der Waals surface area contributed by atoms with Crippen LogP contribution in [0.3, 0.4) is 0 Å². The van der Waals surface area contributed by atoms with Gasteiger partial charge in [0.1, 0.15) is 6.61 Å². The number of carbonyl (C=O) groups excluding carboxylic acids is 1. The Bertz CT molecular complexity index is 380. The second-order valence-corrected chi connectivity index (χ2v) is 4.46. The van der Waals surface area contributed by atoms with Crippen LogP contribution in [0.15, 0.2) is 24.3 Å². The molecule has 0 saturated carbocycles. The predicted octanol–water partition coefficient (Wildman–Crippen LogP) is 2.73. The lowest BCUT2D eigenvalue weighted by molar-refractivity contribution is -0.119. The Morgan fingerprint density at radius 2 is 2.11 bits per heavy atom. The smallest absolute Gasteiger partial charge is 0.250 e. The van der Waals surface area contributed by atoms with Crippen molar-refractivity contribution in [1.82, 2.24) is 0 Å². The normalized spacial score (nSPS) is 11.9. The van der Waals surface area contributed by atoms with Crippen LogP contribution in [0.4, 0.5) is 11.4 Å². The van der Waals surface area contributed by atoms with Gasteiger partial charge in [-0.15, -0.1) is 0 Å². The van der Waals surface area contributed by atoms with Gasteiger partial charge in [0.05, 0.1) is 0 Å². The quantitative estimate of drug-likeness (QED) is 0.782. The topological polar surface area (TPSA) is 50.4 Å². The van der Waals surface area contributed by atoms with E-state index in [9.17, 15) is 4.79 Å². The summed E-state index contributed by atoms with van der Waals surface area (Å²) in [4.78, 5) is 11.4. The molecule has 18 heavy (non-hydrogen) atoms. The summed E-state index contributed by atoms with van der Waals surface area (Å²) in [6, 6.07) is 7.70. The molecule has 0 fully saturated rings. The second-order valence-electron chi connectivity index (χ2n) is 4.46. The zero-order chi connectivity index (χ0) is 13.4. The van der Waals surface area contributed by atoms with Crippen molar-refractivity contribution in [2.45, 2.75) is 20.3 Å². The predicted molar refractivity (Wildman–Crippen MR) is 74.9 cm³/mol. The average Bonchev–Trinajstić information content (AvgIpc) is 2.36. The third-order valence-corrected chi connectivity index (χ3v) is 2.77. The van der Waals surface area contributed by atoms with Gasteiger partial charge in [-0.25, -0.2) is 0 Å². The lowest BCUT2D eigenvalue weighted by atomic mass is 10.1. The van der Waals surface area contributed by atoms with Crippen LogP contribution < -0.4 is 10.6 Å². The minimum absolute atomic E-state index is 0.0739. The minimum Gasteiger partial charge on any atom is -0.385 e. The maximum absolute atomic E-state index is 11.4. The number of benzene rings is 1. The number of hydrogen-bond donors (Lipinski definition) is 2. The van der Waals surface area contributed by atoms with E-state index in [0.717, 1.165) is 24.3 Å². The fourth-order valence-corrected chi connectivity index (χ4v) is 1.47. The first kappa shape index (κ1) is 14.5. The summed E-state index contributed by atoms with van der Waals surface area (Å²) in [6.07, 6.45) is 1.15. The molecular weight excluding hydrogens is 228 g/mol. The fraction of sp³-hybridized carbons (Fsp3) is 0.500. The van der Waals surface area contributed by atoms with Gasteiger partial charge in [0, 0.05) is 25.0 Å². The molecule has 0 spiro atoms. The Hall–Kier alpha value is -1.55. The molecule has 0 aliphatic rings. The maximum atomic E-state index is 11.4. The summed E-state index contributed by atoms with van der Waals surface area (Å²) >= 11 is 0. The molecule has 1 unspecified atom stereocenters. The number of hydrogen-bond acceptors (Lipinski definition) is 3. The Morgan fingerprint density at radius 1 is 1.39 bits per heavy atom.